The molecule has 1 heterocycles. The molecule has 0 unspecified atom stereocenters. The molecule has 0 saturated heterocycles. The van der Waals surface area contributed by atoms with Crippen molar-refractivity contribution in [1.82, 2.24) is 9.78 Å². The lowest BCUT2D eigenvalue weighted by atomic mass is 10.1. The Morgan fingerprint density at radius 3 is 2.55 bits per heavy atom. The molecule has 104 valence electrons. The van der Waals surface area contributed by atoms with E-state index in [1.165, 1.54) is 6.20 Å². The van der Waals surface area contributed by atoms with E-state index in [9.17, 15) is 14.7 Å². The molecule has 0 radical (unpaired) electrons. The summed E-state index contributed by atoms with van der Waals surface area (Å²) in [6.07, 6.45) is 1.46. The number of benzene rings is 1. The number of amides is 1. The lowest BCUT2D eigenvalue weighted by Gasteiger charge is -2.10. The molecule has 2 rings (SSSR count). The molecule has 0 aliphatic carbocycles. The van der Waals surface area contributed by atoms with Crippen molar-refractivity contribution in [2.75, 3.05) is 5.32 Å². The van der Waals surface area contributed by atoms with Crippen molar-refractivity contribution in [3.8, 4) is 0 Å². The summed E-state index contributed by atoms with van der Waals surface area (Å²) in [7, 11) is 1.74. The maximum absolute atomic E-state index is 12.2. The minimum absolute atomic E-state index is 0.0994. The zero-order valence-corrected chi connectivity index (χ0v) is 11.5. The highest BCUT2D eigenvalue weighted by atomic mass is 16.4. The summed E-state index contributed by atoms with van der Waals surface area (Å²) in [4.78, 5) is 23.4. The monoisotopic (exact) mass is 273 g/mol. The number of aromatic carboxylic acids is 1. The maximum atomic E-state index is 12.2. The van der Waals surface area contributed by atoms with E-state index in [1.807, 2.05) is 0 Å². The van der Waals surface area contributed by atoms with Gasteiger partial charge in [0.05, 0.1) is 23.0 Å². The average molecular weight is 273 g/mol. The lowest BCUT2D eigenvalue weighted by Crippen LogP contribution is -2.16. The van der Waals surface area contributed by atoms with E-state index in [-0.39, 0.29) is 17.2 Å². The van der Waals surface area contributed by atoms with Gasteiger partial charge in [0.15, 0.2) is 0 Å². The van der Waals surface area contributed by atoms with Crippen molar-refractivity contribution in [2.45, 2.75) is 13.8 Å². The Morgan fingerprint density at radius 1 is 1.30 bits per heavy atom. The standard InChI is InChI=1S/C14H15N3O3/c1-8-5-4-6-11(12(8)14(19)20)16-13(18)10-7-15-17(3)9(10)2/h4-7H,1-3H3,(H,16,18)(H,19,20). The average Bonchev–Trinajstić information content (AvgIpc) is 2.69. The summed E-state index contributed by atoms with van der Waals surface area (Å²) in [5.41, 5.74) is 2.11. The molecular formula is C14H15N3O3. The number of nitrogens with zero attached hydrogens (tertiary/aromatic N) is 2. The first-order valence-corrected chi connectivity index (χ1v) is 6.04. The Bertz CT molecular complexity index is 689. The second-order valence-corrected chi connectivity index (χ2v) is 4.52. The second-order valence-electron chi connectivity index (χ2n) is 4.52. The van der Waals surface area contributed by atoms with E-state index < -0.39 is 5.97 Å². The van der Waals surface area contributed by atoms with Gasteiger partial charge in [-0.2, -0.15) is 5.10 Å². The number of hydrogen-bond acceptors (Lipinski definition) is 3. The van der Waals surface area contributed by atoms with Crippen LogP contribution in [0.1, 0.15) is 32.0 Å². The molecule has 0 aliphatic heterocycles. The van der Waals surface area contributed by atoms with Gasteiger partial charge >= 0.3 is 5.97 Å². The highest BCUT2D eigenvalue weighted by Gasteiger charge is 2.18. The predicted octanol–water partition coefficient (Wildman–Crippen LogP) is 1.99. The van der Waals surface area contributed by atoms with Gasteiger partial charge < -0.3 is 10.4 Å². The number of nitrogens with one attached hydrogen (secondary N) is 1. The summed E-state index contributed by atoms with van der Waals surface area (Å²) < 4.78 is 1.59. The number of aryl methyl sites for hydroxylation is 2. The summed E-state index contributed by atoms with van der Waals surface area (Å²) in [5.74, 6) is -1.44. The fraction of sp³-hybridized carbons (Fsp3) is 0.214. The molecular weight excluding hydrogens is 258 g/mol. The summed E-state index contributed by atoms with van der Waals surface area (Å²) in [5, 5.41) is 15.8. The van der Waals surface area contributed by atoms with E-state index in [4.69, 9.17) is 0 Å². The molecule has 1 amide bonds. The molecule has 0 atom stereocenters. The highest BCUT2D eigenvalue weighted by molar-refractivity contribution is 6.08. The topological polar surface area (TPSA) is 84.2 Å². The van der Waals surface area contributed by atoms with Crippen LogP contribution in [0.15, 0.2) is 24.4 Å². The highest BCUT2D eigenvalue weighted by Crippen LogP contribution is 2.20. The fourth-order valence-electron chi connectivity index (χ4n) is 1.97. The predicted molar refractivity (Wildman–Crippen MR) is 74.0 cm³/mol. The minimum atomic E-state index is -1.07. The van der Waals surface area contributed by atoms with E-state index >= 15 is 0 Å². The SMILES string of the molecule is Cc1cccc(NC(=O)c2cnn(C)c2C)c1C(=O)O. The molecule has 0 aliphatic rings. The van der Waals surface area contributed by atoms with Crippen molar-refractivity contribution >= 4 is 17.6 Å². The molecule has 0 saturated carbocycles. The van der Waals surface area contributed by atoms with E-state index in [1.54, 1.807) is 43.8 Å². The number of anilines is 1. The van der Waals surface area contributed by atoms with E-state index in [0.717, 1.165) is 0 Å². The third-order valence-electron chi connectivity index (χ3n) is 3.21. The Labute approximate surface area is 116 Å². The molecule has 1 aromatic carbocycles. The third kappa shape index (κ3) is 2.40. The van der Waals surface area contributed by atoms with Crippen molar-refractivity contribution in [3.05, 3.63) is 46.8 Å². The number of carbonyl (C=O) groups excluding carboxylic acids is 1. The molecule has 2 N–H and O–H groups in total. The zero-order valence-electron chi connectivity index (χ0n) is 11.5. The lowest BCUT2D eigenvalue weighted by molar-refractivity contribution is 0.0697. The van der Waals surface area contributed by atoms with Gasteiger partial charge in [0.1, 0.15) is 0 Å². The Hall–Kier alpha value is -2.63. The number of carboxylic acids is 1. The van der Waals surface area contributed by atoms with Crippen LogP contribution in [0.5, 0.6) is 0 Å². The summed E-state index contributed by atoms with van der Waals surface area (Å²) in [6.45, 7) is 3.46. The van der Waals surface area contributed by atoms with Gasteiger partial charge in [0.25, 0.3) is 5.91 Å². The van der Waals surface area contributed by atoms with Crippen molar-refractivity contribution < 1.29 is 14.7 Å². The van der Waals surface area contributed by atoms with Crippen LogP contribution in [0.3, 0.4) is 0 Å². The number of carboxylic acid groups (broad SMARTS) is 1. The molecule has 2 aromatic rings. The summed E-state index contributed by atoms with van der Waals surface area (Å²) >= 11 is 0. The smallest absolute Gasteiger partial charge is 0.338 e. The minimum Gasteiger partial charge on any atom is -0.478 e. The van der Waals surface area contributed by atoms with Gasteiger partial charge in [0.2, 0.25) is 0 Å². The zero-order chi connectivity index (χ0) is 14.9. The molecule has 0 spiro atoms. The van der Waals surface area contributed by atoms with Crippen LogP contribution < -0.4 is 5.32 Å². The van der Waals surface area contributed by atoms with Gasteiger partial charge in [-0.15, -0.1) is 0 Å². The van der Waals surface area contributed by atoms with Crippen LogP contribution in [-0.2, 0) is 7.05 Å². The Balaban J connectivity index is 2.36. The third-order valence-corrected chi connectivity index (χ3v) is 3.21. The molecule has 20 heavy (non-hydrogen) atoms. The Morgan fingerprint density at radius 2 is 2.00 bits per heavy atom. The molecule has 0 bridgehead atoms. The number of aromatic nitrogens is 2. The van der Waals surface area contributed by atoms with E-state index in [2.05, 4.69) is 10.4 Å². The van der Waals surface area contributed by atoms with Crippen molar-refractivity contribution in [2.24, 2.45) is 7.05 Å². The van der Waals surface area contributed by atoms with Gasteiger partial charge in [-0.1, -0.05) is 12.1 Å². The maximum Gasteiger partial charge on any atom is 0.338 e. The fourth-order valence-corrected chi connectivity index (χ4v) is 1.97. The van der Waals surface area contributed by atoms with Crippen molar-refractivity contribution in [1.29, 1.82) is 0 Å². The van der Waals surface area contributed by atoms with E-state index in [0.29, 0.717) is 16.8 Å². The second kappa shape index (κ2) is 5.16. The quantitative estimate of drug-likeness (QED) is 0.895. The first kappa shape index (κ1) is 13.8. The molecule has 6 heteroatoms. The Kier molecular flexibility index (Phi) is 3.56. The summed E-state index contributed by atoms with van der Waals surface area (Å²) in [6, 6.07) is 4.96. The van der Waals surface area contributed by atoms with Crippen LogP contribution in [0.2, 0.25) is 0 Å². The van der Waals surface area contributed by atoms with Crippen LogP contribution in [0.4, 0.5) is 5.69 Å². The normalized spacial score (nSPS) is 10.3. The van der Waals surface area contributed by atoms with Gasteiger partial charge in [0, 0.05) is 12.7 Å². The first-order valence-electron chi connectivity index (χ1n) is 6.04. The number of carbonyl (C=O) groups is 2. The number of rotatable bonds is 3. The molecule has 6 nitrogen and oxygen atoms in total. The molecule has 1 aromatic heterocycles. The van der Waals surface area contributed by atoms with Crippen LogP contribution >= 0.6 is 0 Å². The number of hydrogen-bond donors (Lipinski definition) is 2. The van der Waals surface area contributed by atoms with Gasteiger partial charge in [-0.05, 0) is 25.5 Å². The van der Waals surface area contributed by atoms with Crippen LogP contribution in [-0.4, -0.2) is 26.8 Å². The first-order chi connectivity index (χ1) is 9.41. The largest absolute Gasteiger partial charge is 0.478 e. The van der Waals surface area contributed by atoms with Crippen LogP contribution in [0, 0.1) is 13.8 Å². The van der Waals surface area contributed by atoms with Gasteiger partial charge in [-0.3, -0.25) is 9.48 Å². The van der Waals surface area contributed by atoms with Gasteiger partial charge in [-0.25, -0.2) is 4.79 Å². The molecule has 0 fully saturated rings. The van der Waals surface area contributed by atoms with Crippen LogP contribution in [0.25, 0.3) is 0 Å². The van der Waals surface area contributed by atoms with Crippen molar-refractivity contribution in [3.63, 3.8) is 0 Å².